The number of halogens is 1. The molecule has 4 nitrogen and oxygen atoms in total. The van der Waals surface area contributed by atoms with Gasteiger partial charge in [-0.2, -0.15) is 0 Å². The van der Waals surface area contributed by atoms with Crippen LogP contribution in [-0.4, -0.2) is 30.1 Å². The fourth-order valence-corrected chi connectivity index (χ4v) is 1.88. The van der Waals surface area contributed by atoms with Crippen LogP contribution in [0.2, 0.25) is 0 Å². The lowest BCUT2D eigenvalue weighted by Gasteiger charge is -2.07. The van der Waals surface area contributed by atoms with Gasteiger partial charge >= 0.3 is 7.12 Å². The van der Waals surface area contributed by atoms with Crippen molar-refractivity contribution in [3.05, 3.63) is 53.8 Å². The maximum absolute atomic E-state index is 13.4. The number of carbonyl (C=O) groups excluding carboxylic acids is 1. The number of amides is 1. The standard InChI is InChI=1S/C14H13BFNO3/c1-17-14(18)10-4-2-9(3-5-10)11-6-7-13(16)12(8-11)15(19)20/h2-8,19-20H,1H3,(H,17,18). The molecular weight excluding hydrogens is 260 g/mol. The molecule has 0 unspecified atom stereocenters. The molecule has 0 aliphatic heterocycles. The molecular formula is C14H13BFNO3. The average molecular weight is 273 g/mol. The predicted octanol–water partition coefficient (Wildman–Crippen LogP) is 0.532. The van der Waals surface area contributed by atoms with Crippen LogP contribution in [0.25, 0.3) is 11.1 Å². The zero-order valence-electron chi connectivity index (χ0n) is 10.8. The van der Waals surface area contributed by atoms with E-state index in [4.69, 9.17) is 10.0 Å². The maximum atomic E-state index is 13.4. The SMILES string of the molecule is CNC(=O)c1ccc(-c2ccc(F)c(B(O)O)c2)cc1. The van der Waals surface area contributed by atoms with Crippen molar-refractivity contribution in [2.45, 2.75) is 0 Å². The number of hydrogen-bond donors (Lipinski definition) is 3. The minimum atomic E-state index is -1.86. The monoisotopic (exact) mass is 273 g/mol. The summed E-state index contributed by atoms with van der Waals surface area (Å²) in [7, 11) is -0.314. The van der Waals surface area contributed by atoms with Gasteiger partial charge in [0.25, 0.3) is 5.91 Å². The van der Waals surface area contributed by atoms with E-state index in [1.165, 1.54) is 18.2 Å². The third-order valence-corrected chi connectivity index (χ3v) is 2.98. The number of rotatable bonds is 3. The highest BCUT2D eigenvalue weighted by Crippen LogP contribution is 2.19. The highest BCUT2D eigenvalue weighted by molar-refractivity contribution is 6.58. The Morgan fingerprint density at radius 3 is 2.25 bits per heavy atom. The van der Waals surface area contributed by atoms with Crippen LogP contribution >= 0.6 is 0 Å². The highest BCUT2D eigenvalue weighted by Gasteiger charge is 2.17. The van der Waals surface area contributed by atoms with Gasteiger partial charge in [0.05, 0.1) is 0 Å². The molecule has 102 valence electrons. The van der Waals surface area contributed by atoms with Crippen molar-refractivity contribution in [2.24, 2.45) is 0 Å². The van der Waals surface area contributed by atoms with Crippen molar-refractivity contribution in [3.63, 3.8) is 0 Å². The number of benzene rings is 2. The van der Waals surface area contributed by atoms with Crippen molar-refractivity contribution in [2.75, 3.05) is 7.05 Å². The first kappa shape index (κ1) is 14.2. The highest BCUT2D eigenvalue weighted by atomic mass is 19.1. The lowest BCUT2D eigenvalue weighted by atomic mass is 9.78. The van der Waals surface area contributed by atoms with E-state index in [0.717, 1.165) is 5.56 Å². The molecule has 0 saturated heterocycles. The van der Waals surface area contributed by atoms with E-state index in [1.807, 2.05) is 0 Å². The van der Waals surface area contributed by atoms with Gasteiger partial charge < -0.3 is 15.4 Å². The zero-order chi connectivity index (χ0) is 14.7. The Morgan fingerprint density at radius 2 is 1.70 bits per heavy atom. The second-order valence-electron chi connectivity index (χ2n) is 4.27. The lowest BCUT2D eigenvalue weighted by Crippen LogP contribution is -2.32. The summed E-state index contributed by atoms with van der Waals surface area (Å²) in [6.45, 7) is 0. The third kappa shape index (κ3) is 2.87. The molecule has 0 bridgehead atoms. The van der Waals surface area contributed by atoms with Crippen molar-refractivity contribution in [1.82, 2.24) is 5.32 Å². The number of carbonyl (C=O) groups is 1. The third-order valence-electron chi connectivity index (χ3n) is 2.98. The summed E-state index contributed by atoms with van der Waals surface area (Å²) in [6.07, 6.45) is 0. The summed E-state index contributed by atoms with van der Waals surface area (Å²) < 4.78 is 13.4. The summed E-state index contributed by atoms with van der Waals surface area (Å²) >= 11 is 0. The topological polar surface area (TPSA) is 69.6 Å². The van der Waals surface area contributed by atoms with Gasteiger partial charge in [-0.1, -0.05) is 24.3 Å². The van der Waals surface area contributed by atoms with E-state index in [9.17, 15) is 9.18 Å². The normalized spacial score (nSPS) is 10.2. The molecule has 0 atom stereocenters. The fraction of sp³-hybridized carbons (Fsp3) is 0.0714. The van der Waals surface area contributed by atoms with Crippen LogP contribution in [0.3, 0.4) is 0 Å². The van der Waals surface area contributed by atoms with Gasteiger partial charge in [0, 0.05) is 18.1 Å². The minimum Gasteiger partial charge on any atom is -0.423 e. The largest absolute Gasteiger partial charge is 0.491 e. The minimum absolute atomic E-state index is 0.183. The van der Waals surface area contributed by atoms with Gasteiger partial charge in [0.2, 0.25) is 0 Å². The molecule has 0 aliphatic carbocycles. The average Bonchev–Trinajstić information content (AvgIpc) is 2.47. The molecule has 0 heterocycles. The van der Waals surface area contributed by atoms with Crippen molar-refractivity contribution in [1.29, 1.82) is 0 Å². The zero-order valence-corrected chi connectivity index (χ0v) is 10.8. The van der Waals surface area contributed by atoms with Crippen LogP contribution < -0.4 is 10.8 Å². The molecule has 0 radical (unpaired) electrons. The molecule has 0 aromatic heterocycles. The molecule has 6 heteroatoms. The second kappa shape index (κ2) is 5.86. The van der Waals surface area contributed by atoms with Gasteiger partial charge in [-0.3, -0.25) is 4.79 Å². The number of nitrogens with one attached hydrogen (secondary N) is 1. The molecule has 2 rings (SSSR count). The molecule has 0 spiro atoms. The Balaban J connectivity index is 2.37. The van der Waals surface area contributed by atoms with Crippen LogP contribution in [0.1, 0.15) is 10.4 Å². The summed E-state index contributed by atoms with van der Waals surface area (Å²) in [5.41, 5.74) is 1.72. The summed E-state index contributed by atoms with van der Waals surface area (Å²) in [5, 5.41) is 20.7. The van der Waals surface area contributed by atoms with E-state index in [2.05, 4.69) is 5.32 Å². The molecule has 0 fully saturated rings. The van der Waals surface area contributed by atoms with E-state index < -0.39 is 12.9 Å². The molecule has 3 N–H and O–H groups in total. The van der Waals surface area contributed by atoms with Gasteiger partial charge in [-0.15, -0.1) is 0 Å². The summed E-state index contributed by atoms with van der Waals surface area (Å²) in [6, 6.07) is 10.8. The van der Waals surface area contributed by atoms with E-state index in [-0.39, 0.29) is 11.4 Å². The van der Waals surface area contributed by atoms with E-state index in [0.29, 0.717) is 11.1 Å². The van der Waals surface area contributed by atoms with Crippen molar-refractivity contribution >= 4 is 18.5 Å². The first-order chi connectivity index (χ1) is 9.52. The van der Waals surface area contributed by atoms with Crippen LogP contribution in [0.15, 0.2) is 42.5 Å². The second-order valence-corrected chi connectivity index (χ2v) is 4.27. The first-order valence-corrected chi connectivity index (χ1v) is 6.01. The van der Waals surface area contributed by atoms with Gasteiger partial charge in [0.15, 0.2) is 0 Å². The van der Waals surface area contributed by atoms with Crippen LogP contribution in [0.4, 0.5) is 4.39 Å². The fourth-order valence-electron chi connectivity index (χ4n) is 1.88. The van der Waals surface area contributed by atoms with Gasteiger partial charge in [-0.25, -0.2) is 4.39 Å². The molecule has 1 amide bonds. The van der Waals surface area contributed by atoms with Crippen LogP contribution in [0, 0.1) is 5.82 Å². The molecule has 2 aromatic carbocycles. The van der Waals surface area contributed by atoms with Crippen molar-refractivity contribution in [3.8, 4) is 11.1 Å². The van der Waals surface area contributed by atoms with Crippen LogP contribution in [-0.2, 0) is 0 Å². The Morgan fingerprint density at radius 1 is 1.10 bits per heavy atom. The Labute approximate surface area is 116 Å². The summed E-state index contributed by atoms with van der Waals surface area (Å²) in [5.74, 6) is -0.868. The Hall–Kier alpha value is -2.18. The molecule has 2 aromatic rings. The Kier molecular flexibility index (Phi) is 4.17. The van der Waals surface area contributed by atoms with Gasteiger partial charge in [0.1, 0.15) is 5.82 Å². The van der Waals surface area contributed by atoms with Gasteiger partial charge in [-0.05, 0) is 29.3 Å². The first-order valence-electron chi connectivity index (χ1n) is 6.01. The molecule has 20 heavy (non-hydrogen) atoms. The quantitative estimate of drug-likeness (QED) is 0.714. The van der Waals surface area contributed by atoms with E-state index in [1.54, 1.807) is 31.3 Å². The van der Waals surface area contributed by atoms with Crippen LogP contribution in [0.5, 0.6) is 0 Å². The summed E-state index contributed by atoms with van der Waals surface area (Å²) in [4.78, 5) is 11.4. The maximum Gasteiger partial charge on any atom is 0.491 e. The predicted molar refractivity (Wildman–Crippen MR) is 75.1 cm³/mol. The molecule has 0 saturated carbocycles. The lowest BCUT2D eigenvalue weighted by molar-refractivity contribution is 0.0963. The van der Waals surface area contributed by atoms with Crippen molar-refractivity contribution < 1.29 is 19.2 Å². The Bertz CT molecular complexity index is 629. The van der Waals surface area contributed by atoms with E-state index >= 15 is 0 Å². The molecule has 0 aliphatic rings. The number of hydrogen-bond acceptors (Lipinski definition) is 3. The smallest absolute Gasteiger partial charge is 0.423 e.